The number of anilines is 2. The minimum absolute atomic E-state index is 0.0535. The van der Waals surface area contributed by atoms with Gasteiger partial charge in [-0.15, -0.1) is 0 Å². The van der Waals surface area contributed by atoms with Crippen molar-refractivity contribution >= 4 is 27.3 Å². The third-order valence-electron chi connectivity index (χ3n) is 5.15. The molecule has 0 spiro atoms. The predicted octanol–water partition coefficient (Wildman–Crippen LogP) is 4.60. The highest BCUT2D eigenvalue weighted by molar-refractivity contribution is 7.92. The molecule has 1 aliphatic heterocycles. The number of aryl methyl sites for hydroxylation is 1. The fraction of sp³-hybridized carbons (Fsp3) is 0.458. The SMILES string of the molecule is CCOc1ccc(C)cc1S(=O)(=O)Nc1ccc2c(c1)N(CC(C)C)C(=O)C(C)(C)CO2. The minimum atomic E-state index is -3.92. The highest BCUT2D eigenvalue weighted by Gasteiger charge is 2.38. The molecule has 0 bridgehead atoms. The Morgan fingerprint density at radius 1 is 1.19 bits per heavy atom. The van der Waals surface area contributed by atoms with Gasteiger partial charge in [0.2, 0.25) is 5.91 Å². The molecule has 8 heteroatoms. The molecule has 1 amide bonds. The highest BCUT2D eigenvalue weighted by Crippen LogP contribution is 2.39. The zero-order valence-corrected chi connectivity index (χ0v) is 20.4. The van der Waals surface area contributed by atoms with Gasteiger partial charge in [-0.05, 0) is 69.5 Å². The summed E-state index contributed by atoms with van der Waals surface area (Å²) in [5.41, 5.74) is 1.02. The van der Waals surface area contributed by atoms with Crippen LogP contribution in [0.1, 0.15) is 40.2 Å². The van der Waals surface area contributed by atoms with Crippen LogP contribution in [0.4, 0.5) is 11.4 Å². The molecule has 0 fully saturated rings. The average Bonchev–Trinajstić information content (AvgIpc) is 2.79. The number of carbonyl (C=O) groups excluding carboxylic acids is 1. The molecule has 2 aromatic carbocycles. The van der Waals surface area contributed by atoms with E-state index < -0.39 is 15.4 Å². The van der Waals surface area contributed by atoms with E-state index in [1.54, 1.807) is 48.2 Å². The summed E-state index contributed by atoms with van der Waals surface area (Å²) in [5.74, 6) is 1.02. The van der Waals surface area contributed by atoms with Gasteiger partial charge in [0.25, 0.3) is 10.0 Å². The summed E-state index contributed by atoms with van der Waals surface area (Å²) in [6.45, 7) is 12.5. The summed E-state index contributed by atoms with van der Waals surface area (Å²) in [7, 11) is -3.92. The molecule has 0 aromatic heterocycles. The van der Waals surface area contributed by atoms with Crippen molar-refractivity contribution in [3.63, 3.8) is 0 Å². The van der Waals surface area contributed by atoms with Crippen molar-refractivity contribution in [3.05, 3.63) is 42.0 Å². The molecule has 2 aromatic rings. The van der Waals surface area contributed by atoms with E-state index >= 15 is 0 Å². The molecule has 0 aliphatic carbocycles. The number of carbonyl (C=O) groups is 1. The van der Waals surface area contributed by atoms with Gasteiger partial charge in [0.05, 0.1) is 23.4 Å². The van der Waals surface area contributed by atoms with Gasteiger partial charge in [0, 0.05) is 6.54 Å². The second kappa shape index (κ2) is 9.02. The highest BCUT2D eigenvalue weighted by atomic mass is 32.2. The first-order chi connectivity index (χ1) is 14.9. The molecular weight excluding hydrogens is 428 g/mol. The smallest absolute Gasteiger partial charge is 0.265 e. The van der Waals surface area contributed by atoms with Crippen molar-refractivity contribution in [2.24, 2.45) is 11.3 Å². The lowest BCUT2D eigenvalue weighted by molar-refractivity contribution is -0.127. The zero-order chi connectivity index (χ0) is 23.7. The van der Waals surface area contributed by atoms with Crippen LogP contribution in [-0.2, 0) is 14.8 Å². The van der Waals surface area contributed by atoms with Crippen molar-refractivity contribution in [2.75, 3.05) is 29.4 Å². The molecule has 3 rings (SSSR count). The Labute approximate surface area is 190 Å². The second-order valence-corrected chi connectivity index (χ2v) is 10.8. The number of nitrogens with one attached hydrogen (secondary N) is 1. The summed E-state index contributed by atoms with van der Waals surface area (Å²) in [6, 6.07) is 10.0. The van der Waals surface area contributed by atoms with Crippen LogP contribution in [0.2, 0.25) is 0 Å². The number of benzene rings is 2. The van der Waals surface area contributed by atoms with Gasteiger partial charge >= 0.3 is 0 Å². The molecule has 7 nitrogen and oxygen atoms in total. The number of ether oxygens (including phenoxy) is 2. The van der Waals surface area contributed by atoms with E-state index in [0.717, 1.165) is 5.56 Å². The van der Waals surface area contributed by atoms with Crippen LogP contribution in [0.25, 0.3) is 0 Å². The number of sulfonamides is 1. The number of amides is 1. The number of hydrogen-bond donors (Lipinski definition) is 1. The van der Waals surface area contributed by atoms with Crippen LogP contribution >= 0.6 is 0 Å². The Morgan fingerprint density at radius 3 is 2.56 bits per heavy atom. The maximum Gasteiger partial charge on any atom is 0.265 e. The van der Waals surface area contributed by atoms with Gasteiger partial charge in [-0.2, -0.15) is 0 Å². The predicted molar refractivity (Wildman–Crippen MR) is 126 cm³/mol. The first-order valence-electron chi connectivity index (χ1n) is 10.8. The van der Waals surface area contributed by atoms with Crippen LogP contribution in [0, 0.1) is 18.3 Å². The maximum absolute atomic E-state index is 13.2. The second-order valence-electron chi connectivity index (χ2n) is 9.15. The summed E-state index contributed by atoms with van der Waals surface area (Å²) >= 11 is 0. The van der Waals surface area contributed by atoms with Crippen LogP contribution in [-0.4, -0.2) is 34.1 Å². The number of rotatable bonds is 7. The summed E-state index contributed by atoms with van der Waals surface area (Å²) in [6.07, 6.45) is 0. The first-order valence-corrected chi connectivity index (χ1v) is 12.3. The molecule has 0 saturated carbocycles. The summed E-state index contributed by atoms with van der Waals surface area (Å²) < 4.78 is 40.5. The fourth-order valence-corrected chi connectivity index (χ4v) is 4.85. The van der Waals surface area contributed by atoms with Gasteiger partial charge in [-0.1, -0.05) is 19.9 Å². The van der Waals surface area contributed by atoms with E-state index in [1.165, 1.54) is 0 Å². The van der Waals surface area contributed by atoms with Crippen LogP contribution in [0.15, 0.2) is 41.3 Å². The normalized spacial score (nSPS) is 15.7. The Hall–Kier alpha value is -2.74. The third-order valence-corrected chi connectivity index (χ3v) is 6.55. The maximum atomic E-state index is 13.2. The Kier molecular flexibility index (Phi) is 6.74. The average molecular weight is 461 g/mol. The van der Waals surface area contributed by atoms with Crippen molar-refractivity contribution in [2.45, 2.75) is 46.4 Å². The van der Waals surface area contributed by atoms with E-state index in [1.807, 2.05) is 34.6 Å². The first kappa shape index (κ1) is 23.9. The van der Waals surface area contributed by atoms with E-state index in [2.05, 4.69) is 4.72 Å². The van der Waals surface area contributed by atoms with Gasteiger partial charge in [0.15, 0.2) is 0 Å². The molecule has 0 saturated heterocycles. The van der Waals surface area contributed by atoms with Gasteiger partial charge in [-0.3, -0.25) is 9.52 Å². The van der Waals surface area contributed by atoms with Crippen LogP contribution < -0.4 is 19.1 Å². The van der Waals surface area contributed by atoms with Crippen molar-refractivity contribution in [1.29, 1.82) is 0 Å². The van der Waals surface area contributed by atoms with Gasteiger partial charge in [0.1, 0.15) is 23.0 Å². The summed E-state index contributed by atoms with van der Waals surface area (Å²) in [5, 5.41) is 0. The lowest BCUT2D eigenvalue weighted by Crippen LogP contribution is -2.43. The van der Waals surface area contributed by atoms with E-state index in [0.29, 0.717) is 36.0 Å². The molecule has 0 unspecified atom stereocenters. The molecule has 32 heavy (non-hydrogen) atoms. The Bertz CT molecular complexity index is 1110. The number of nitrogens with zero attached hydrogens (tertiary/aromatic N) is 1. The van der Waals surface area contributed by atoms with E-state index in [9.17, 15) is 13.2 Å². The molecule has 0 atom stereocenters. The molecule has 1 heterocycles. The number of hydrogen-bond acceptors (Lipinski definition) is 5. The fourth-order valence-electron chi connectivity index (χ4n) is 3.57. The quantitative estimate of drug-likeness (QED) is 0.653. The standard InChI is InChI=1S/C24H32N2O5S/c1-7-30-21-10-8-17(4)12-22(21)32(28,29)25-18-9-11-20-19(13-18)26(14-16(2)3)23(27)24(5,6)15-31-20/h8-13,16,25H,7,14-15H2,1-6H3. The molecular formula is C24H32N2O5S. The molecule has 0 radical (unpaired) electrons. The van der Waals surface area contributed by atoms with Crippen molar-refractivity contribution < 1.29 is 22.7 Å². The topological polar surface area (TPSA) is 84.9 Å². The summed E-state index contributed by atoms with van der Waals surface area (Å²) in [4.78, 5) is 15.0. The van der Waals surface area contributed by atoms with E-state index in [4.69, 9.17) is 9.47 Å². The molecule has 1 aliphatic rings. The Morgan fingerprint density at radius 2 is 1.91 bits per heavy atom. The van der Waals surface area contributed by atoms with E-state index in [-0.39, 0.29) is 23.3 Å². The Balaban J connectivity index is 2.02. The van der Waals surface area contributed by atoms with Gasteiger partial charge < -0.3 is 14.4 Å². The monoisotopic (exact) mass is 460 g/mol. The van der Waals surface area contributed by atoms with Crippen molar-refractivity contribution in [3.8, 4) is 11.5 Å². The van der Waals surface area contributed by atoms with Crippen molar-refractivity contribution in [1.82, 2.24) is 0 Å². The van der Waals surface area contributed by atoms with Crippen LogP contribution in [0.3, 0.4) is 0 Å². The number of fused-ring (bicyclic) bond motifs is 1. The molecule has 174 valence electrons. The van der Waals surface area contributed by atoms with Crippen LogP contribution in [0.5, 0.6) is 11.5 Å². The largest absolute Gasteiger partial charge is 0.492 e. The van der Waals surface area contributed by atoms with Gasteiger partial charge in [-0.25, -0.2) is 8.42 Å². The minimum Gasteiger partial charge on any atom is -0.492 e. The lowest BCUT2D eigenvalue weighted by atomic mass is 9.92. The molecule has 1 N–H and O–H groups in total. The third kappa shape index (κ3) is 5.01. The zero-order valence-electron chi connectivity index (χ0n) is 19.6. The lowest BCUT2D eigenvalue weighted by Gasteiger charge is -2.29.